The molecule has 6 heteroatoms. The molecule has 0 heterocycles. The van der Waals surface area contributed by atoms with Crippen molar-refractivity contribution in [3.63, 3.8) is 0 Å². The third kappa shape index (κ3) is 5.70. The van der Waals surface area contributed by atoms with Crippen molar-refractivity contribution in [3.8, 4) is 0 Å². The van der Waals surface area contributed by atoms with Gasteiger partial charge in [0.2, 0.25) is 0 Å². The summed E-state index contributed by atoms with van der Waals surface area (Å²) in [5.74, 6) is 0.742. The Morgan fingerprint density at radius 2 is 1.62 bits per heavy atom. The number of sulfone groups is 1. The molecule has 2 N–H and O–H groups in total. The van der Waals surface area contributed by atoms with Gasteiger partial charge >= 0.3 is 0 Å². The summed E-state index contributed by atoms with van der Waals surface area (Å²) in [6.45, 7) is 1.43. The number of rotatable bonds is 6. The monoisotopic (exact) mass is 345 g/mol. The average Bonchev–Trinajstić information content (AvgIpc) is 2.58. The third-order valence-corrected chi connectivity index (χ3v) is 4.71. The lowest BCUT2D eigenvalue weighted by molar-refractivity contribution is 0.602. The van der Waals surface area contributed by atoms with Gasteiger partial charge in [0.15, 0.2) is 15.8 Å². The second-order valence-corrected chi connectivity index (χ2v) is 7.52. The van der Waals surface area contributed by atoms with Crippen LogP contribution in [0, 0.1) is 0 Å². The minimum atomic E-state index is -3.14. The van der Waals surface area contributed by atoms with E-state index in [4.69, 9.17) is 0 Å². The molecule has 0 saturated carbocycles. The number of guanidine groups is 1. The van der Waals surface area contributed by atoms with Crippen LogP contribution in [0.3, 0.4) is 0 Å². The van der Waals surface area contributed by atoms with E-state index < -0.39 is 9.84 Å². The van der Waals surface area contributed by atoms with Gasteiger partial charge in [-0.25, -0.2) is 8.42 Å². The smallest absolute Gasteiger partial charge is 0.191 e. The van der Waals surface area contributed by atoms with Crippen molar-refractivity contribution < 1.29 is 8.42 Å². The predicted molar refractivity (Wildman–Crippen MR) is 97.9 cm³/mol. The molecule has 5 nitrogen and oxygen atoms in total. The Kier molecular flexibility index (Phi) is 6.37. The van der Waals surface area contributed by atoms with E-state index in [0.717, 1.165) is 17.9 Å². The normalized spacial score (nSPS) is 12.0. The minimum Gasteiger partial charge on any atom is -0.356 e. The molecule has 0 aliphatic rings. The third-order valence-electron chi connectivity index (χ3n) is 3.58. The summed E-state index contributed by atoms with van der Waals surface area (Å²) in [6, 6.07) is 17.1. The van der Waals surface area contributed by atoms with Crippen LogP contribution in [0.25, 0.3) is 0 Å². The van der Waals surface area contributed by atoms with Crippen LogP contribution in [0.5, 0.6) is 0 Å². The molecular formula is C18H23N3O2S. The van der Waals surface area contributed by atoms with Crippen LogP contribution in [-0.2, 0) is 22.8 Å². The van der Waals surface area contributed by atoms with Crippen LogP contribution in [0.1, 0.15) is 11.1 Å². The SMILES string of the molecule is CN=C(NCCc1ccc(S(C)(=O)=O)cc1)NCc1ccccc1. The maximum absolute atomic E-state index is 11.4. The van der Waals surface area contributed by atoms with E-state index in [1.807, 2.05) is 30.3 Å². The van der Waals surface area contributed by atoms with Crippen LogP contribution in [0.2, 0.25) is 0 Å². The Bertz CT molecular complexity index is 770. The van der Waals surface area contributed by atoms with E-state index >= 15 is 0 Å². The highest BCUT2D eigenvalue weighted by Gasteiger charge is 2.06. The molecule has 0 unspecified atom stereocenters. The van der Waals surface area contributed by atoms with E-state index in [0.29, 0.717) is 18.0 Å². The molecule has 0 atom stereocenters. The van der Waals surface area contributed by atoms with E-state index in [9.17, 15) is 8.42 Å². The highest BCUT2D eigenvalue weighted by molar-refractivity contribution is 7.90. The summed E-state index contributed by atoms with van der Waals surface area (Å²) in [5, 5.41) is 6.51. The van der Waals surface area contributed by atoms with Crippen molar-refractivity contribution in [3.05, 3.63) is 65.7 Å². The number of hydrogen-bond acceptors (Lipinski definition) is 3. The maximum Gasteiger partial charge on any atom is 0.191 e. The van der Waals surface area contributed by atoms with Crippen molar-refractivity contribution in [2.45, 2.75) is 17.9 Å². The number of benzene rings is 2. The highest BCUT2D eigenvalue weighted by Crippen LogP contribution is 2.10. The fraction of sp³-hybridized carbons (Fsp3) is 0.278. The Hall–Kier alpha value is -2.34. The van der Waals surface area contributed by atoms with Gasteiger partial charge in [-0.3, -0.25) is 4.99 Å². The molecule has 0 amide bonds. The Morgan fingerprint density at radius 3 is 2.21 bits per heavy atom. The molecule has 0 radical (unpaired) electrons. The number of aliphatic imine (C=N–C) groups is 1. The first kappa shape index (κ1) is 18.0. The number of nitrogens with zero attached hydrogens (tertiary/aromatic N) is 1. The summed E-state index contributed by atoms with van der Waals surface area (Å²) < 4.78 is 22.9. The molecule has 2 rings (SSSR count). The summed E-state index contributed by atoms with van der Waals surface area (Å²) in [6.07, 6.45) is 2.00. The van der Waals surface area contributed by atoms with E-state index in [-0.39, 0.29) is 0 Å². The molecule has 0 fully saturated rings. The van der Waals surface area contributed by atoms with Crippen LogP contribution in [-0.4, -0.2) is 34.2 Å². The average molecular weight is 345 g/mol. The molecule has 0 aliphatic heterocycles. The highest BCUT2D eigenvalue weighted by atomic mass is 32.2. The van der Waals surface area contributed by atoms with Gasteiger partial charge in [0, 0.05) is 26.4 Å². The molecule has 0 bridgehead atoms. The fourth-order valence-corrected chi connectivity index (χ4v) is 2.86. The zero-order chi connectivity index (χ0) is 17.4. The zero-order valence-corrected chi connectivity index (χ0v) is 14.8. The van der Waals surface area contributed by atoms with Crippen molar-refractivity contribution in [1.82, 2.24) is 10.6 Å². The Balaban J connectivity index is 1.79. The zero-order valence-electron chi connectivity index (χ0n) is 14.0. The second-order valence-electron chi connectivity index (χ2n) is 5.50. The van der Waals surface area contributed by atoms with Crippen LogP contribution in [0.15, 0.2) is 64.5 Å². The van der Waals surface area contributed by atoms with Gasteiger partial charge in [-0.1, -0.05) is 42.5 Å². The summed E-state index contributed by atoms with van der Waals surface area (Å²) in [5.41, 5.74) is 2.27. The second kappa shape index (κ2) is 8.49. The maximum atomic E-state index is 11.4. The van der Waals surface area contributed by atoms with Gasteiger partial charge < -0.3 is 10.6 Å². The first-order valence-corrected chi connectivity index (χ1v) is 9.65. The largest absolute Gasteiger partial charge is 0.356 e. The van der Waals surface area contributed by atoms with Crippen molar-refractivity contribution in [2.24, 2.45) is 4.99 Å². The van der Waals surface area contributed by atoms with E-state index in [1.165, 1.54) is 11.8 Å². The molecular weight excluding hydrogens is 322 g/mol. The molecule has 2 aromatic rings. The summed E-state index contributed by atoms with van der Waals surface area (Å²) in [4.78, 5) is 4.54. The molecule has 0 saturated heterocycles. The fourth-order valence-electron chi connectivity index (χ4n) is 2.23. The quantitative estimate of drug-likeness (QED) is 0.620. The van der Waals surface area contributed by atoms with Crippen LogP contribution >= 0.6 is 0 Å². The lowest BCUT2D eigenvalue weighted by atomic mass is 10.1. The van der Waals surface area contributed by atoms with Gasteiger partial charge in [-0.05, 0) is 29.7 Å². The first-order valence-electron chi connectivity index (χ1n) is 7.76. The number of hydrogen-bond donors (Lipinski definition) is 2. The van der Waals surface area contributed by atoms with Gasteiger partial charge in [0.25, 0.3) is 0 Å². The van der Waals surface area contributed by atoms with Crippen molar-refractivity contribution in [1.29, 1.82) is 0 Å². The standard InChI is InChI=1S/C18H23N3O2S/c1-19-18(21-14-16-6-4-3-5-7-16)20-13-12-15-8-10-17(11-9-15)24(2,22)23/h3-11H,12-14H2,1-2H3,(H2,19,20,21). The minimum absolute atomic E-state index is 0.347. The van der Waals surface area contributed by atoms with Crippen LogP contribution < -0.4 is 10.6 Å². The molecule has 24 heavy (non-hydrogen) atoms. The first-order chi connectivity index (χ1) is 11.5. The topological polar surface area (TPSA) is 70.6 Å². The van der Waals surface area contributed by atoms with Gasteiger partial charge in [-0.2, -0.15) is 0 Å². The molecule has 0 aliphatic carbocycles. The van der Waals surface area contributed by atoms with Gasteiger partial charge in [-0.15, -0.1) is 0 Å². The predicted octanol–water partition coefficient (Wildman–Crippen LogP) is 2.00. The van der Waals surface area contributed by atoms with Crippen molar-refractivity contribution >= 4 is 15.8 Å². The van der Waals surface area contributed by atoms with Crippen molar-refractivity contribution in [2.75, 3.05) is 19.8 Å². The summed E-state index contributed by atoms with van der Waals surface area (Å²) in [7, 11) is -1.40. The Labute approximate surface area is 143 Å². The van der Waals surface area contributed by atoms with Gasteiger partial charge in [0.1, 0.15) is 0 Å². The Morgan fingerprint density at radius 1 is 0.958 bits per heavy atom. The molecule has 0 spiro atoms. The molecule has 128 valence electrons. The van der Waals surface area contributed by atoms with Gasteiger partial charge in [0.05, 0.1) is 4.90 Å². The van der Waals surface area contributed by atoms with Crippen LogP contribution in [0.4, 0.5) is 0 Å². The van der Waals surface area contributed by atoms with E-state index in [2.05, 4.69) is 27.8 Å². The molecule has 2 aromatic carbocycles. The van der Waals surface area contributed by atoms with E-state index in [1.54, 1.807) is 19.2 Å². The summed E-state index contributed by atoms with van der Waals surface area (Å²) >= 11 is 0. The lowest BCUT2D eigenvalue weighted by Gasteiger charge is -2.12. The number of nitrogens with one attached hydrogen (secondary N) is 2. The molecule has 0 aromatic heterocycles. The lowest BCUT2D eigenvalue weighted by Crippen LogP contribution is -2.37.